The Morgan fingerprint density at radius 1 is 1.08 bits per heavy atom. The number of aromatic nitrogens is 2. The van der Waals surface area contributed by atoms with Crippen molar-refractivity contribution >= 4 is 17.4 Å². The zero-order chi connectivity index (χ0) is 27.8. The summed E-state index contributed by atoms with van der Waals surface area (Å²) in [5.74, 6) is 1.62. The van der Waals surface area contributed by atoms with Crippen LogP contribution in [-0.2, 0) is 24.0 Å². The van der Waals surface area contributed by atoms with Crippen molar-refractivity contribution < 1.29 is 9.47 Å². The first-order chi connectivity index (χ1) is 18.5. The lowest BCUT2D eigenvalue weighted by molar-refractivity contribution is 0.149. The molecule has 1 aromatic carbocycles. The third-order valence-corrected chi connectivity index (χ3v) is 7.26. The van der Waals surface area contributed by atoms with Crippen molar-refractivity contribution in [1.29, 1.82) is 5.26 Å². The highest BCUT2D eigenvalue weighted by atomic mass is 35.5. The van der Waals surface area contributed by atoms with Gasteiger partial charge in [0.05, 0.1) is 18.4 Å². The van der Waals surface area contributed by atoms with E-state index in [-0.39, 0.29) is 5.92 Å². The molecule has 0 aliphatic rings. The van der Waals surface area contributed by atoms with Gasteiger partial charge in [0.25, 0.3) is 0 Å². The topological polar surface area (TPSA) is 71.3 Å². The quantitative estimate of drug-likeness (QED) is 0.183. The van der Waals surface area contributed by atoms with E-state index >= 15 is 0 Å². The Hall–Kier alpha value is -2.36. The van der Waals surface area contributed by atoms with Crippen molar-refractivity contribution in [2.45, 2.75) is 85.5 Å². The van der Waals surface area contributed by atoms with Crippen LogP contribution in [-0.4, -0.2) is 43.4 Å². The molecule has 0 saturated carbocycles. The summed E-state index contributed by atoms with van der Waals surface area (Å²) in [4.78, 5) is 12.3. The molecule has 0 fully saturated rings. The molecule has 6 nitrogen and oxygen atoms in total. The summed E-state index contributed by atoms with van der Waals surface area (Å²) in [7, 11) is 1.74. The molecule has 1 aromatic heterocycles. The SMILES string of the molecule is CCCc1c(CCCc2ccccc2Cl)nc(OCC(CC)CCOC)nc1N(CCC)CC(C)CC#N. The van der Waals surface area contributed by atoms with Gasteiger partial charge in [-0.2, -0.15) is 15.2 Å². The van der Waals surface area contributed by atoms with Crippen LogP contribution in [0.1, 0.15) is 83.0 Å². The van der Waals surface area contributed by atoms with Gasteiger partial charge in [-0.15, -0.1) is 0 Å². The van der Waals surface area contributed by atoms with Gasteiger partial charge in [0.1, 0.15) is 5.82 Å². The van der Waals surface area contributed by atoms with Gasteiger partial charge in [-0.25, -0.2) is 0 Å². The number of hydrogen-bond acceptors (Lipinski definition) is 6. The minimum atomic E-state index is 0.252. The van der Waals surface area contributed by atoms with Crippen molar-refractivity contribution in [3.05, 3.63) is 46.1 Å². The van der Waals surface area contributed by atoms with Gasteiger partial charge >= 0.3 is 6.01 Å². The number of nitriles is 1. The Morgan fingerprint density at radius 3 is 2.53 bits per heavy atom. The van der Waals surface area contributed by atoms with Crippen LogP contribution in [0.15, 0.2) is 24.3 Å². The first kappa shape index (κ1) is 31.9. The monoisotopic (exact) mass is 542 g/mol. The molecular formula is C31H47ClN4O2. The maximum absolute atomic E-state index is 9.26. The van der Waals surface area contributed by atoms with Crippen LogP contribution in [0.4, 0.5) is 5.82 Å². The molecule has 1 heterocycles. The summed E-state index contributed by atoms with van der Waals surface area (Å²) in [5.41, 5.74) is 3.44. The minimum Gasteiger partial charge on any atom is -0.463 e. The fraction of sp³-hybridized carbons (Fsp3) is 0.645. The van der Waals surface area contributed by atoms with Gasteiger partial charge in [-0.05, 0) is 68.4 Å². The first-order valence-electron chi connectivity index (χ1n) is 14.3. The van der Waals surface area contributed by atoms with Crippen molar-refractivity contribution in [3.8, 4) is 12.1 Å². The molecule has 0 N–H and O–H groups in total. The lowest BCUT2D eigenvalue weighted by Crippen LogP contribution is -2.32. The molecule has 2 unspecified atom stereocenters. The number of halogens is 1. The third kappa shape index (κ3) is 10.4. The first-order valence-corrected chi connectivity index (χ1v) is 14.7. The predicted molar refractivity (Wildman–Crippen MR) is 157 cm³/mol. The van der Waals surface area contributed by atoms with Crippen LogP contribution in [0.2, 0.25) is 5.02 Å². The molecule has 0 saturated heterocycles. The maximum atomic E-state index is 9.26. The van der Waals surface area contributed by atoms with Crippen molar-refractivity contribution in [1.82, 2.24) is 9.97 Å². The third-order valence-electron chi connectivity index (χ3n) is 6.89. The molecular weight excluding hydrogens is 496 g/mol. The molecule has 2 aromatic rings. The van der Waals surface area contributed by atoms with Gasteiger partial charge < -0.3 is 14.4 Å². The zero-order valence-electron chi connectivity index (χ0n) is 24.1. The standard InChI is InChI=1S/C31H47ClN4O2/c1-6-12-27-29(16-11-14-26-13-9-10-15-28(26)32)34-31(38-23-25(8-3)18-21-37-5)35-30(27)36(20-7-2)22-24(4)17-19-33/h9-10,13,15,24-25H,6-8,11-12,14,16-18,20-23H2,1-5H3. The molecule has 0 radical (unpaired) electrons. The number of hydrogen-bond donors (Lipinski definition) is 0. The van der Waals surface area contributed by atoms with E-state index in [9.17, 15) is 5.26 Å². The molecule has 210 valence electrons. The van der Waals surface area contributed by atoms with Crippen LogP contribution >= 0.6 is 11.6 Å². The van der Waals surface area contributed by atoms with E-state index in [1.807, 2.05) is 18.2 Å². The highest BCUT2D eigenvalue weighted by Gasteiger charge is 2.22. The van der Waals surface area contributed by atoms with E-state index in [1.54, 1.807) is 7.11 Å². The molecule has 0 amide bonds. The number of rotatable bonds is 19. The highest BCUT2D eigenvalue weighted by molar-refractivity contribution is 6.31. The van der Waals surface area contributed by atoms with E-state index in [4.69, 9.17) is 31.0 Å². The van der Waals surface area contributed by atoms with Crippen molar-refractivity contribution in [2.24, 2.45) is 11.8 Å². The van der Waals surface area contributed by atoms with Gasteiger partial charge in [0, 0.05) is 43.8 Å². The Balaban J connectivity index is 2.41. The molecule has 7 heteroatoms. The molecule has 0 bridgehead atoms. The lowest BCUT2D eigenvalue weighted by atomic mass is 10.0. The molecule has 0 spiro atoms. The Labute approximate surface area is 235 Å². The second kappa shape index (κ2) is 18.0. The van der Waals surface area contributed by atoms with Gasteiger partial charge in [-0.1, -0.05) is 63.9 Å². The largest absolute Gasteiger partial charge is 0.463 e. The minimum absolute atomic E-state index is 0.252. The van der Waals surface area contributed by atoms with E-state index < -0.39 is 0 Å². The number of ether oxygens (including phenoxy) is 2. The van der Waals surface area contributed by atoms with E-state index in [2.05, 4.69) is 44.7 Å². The molecule has 0 aliphatic carbocycles. The molecule has 2 rings (SSSR count). The van der Waals surface area contributed by atoms with Gasteiger partial charge in [-0.3, -0.25) is 0 Å². The summed E-state index contributed by atoms with van der Waals surface area (Å²) in [6.45, 7) is 11.7. The molecule has 0 aliphatic heterocycles. The number of benzene rings is 1. The number of aryl methyl sites for hydroxylation is 2. The Bertz CT molecular complexity index is 994. The summed E-state index contributed by atoms with van der Waals surface area (Å²) < 4.78 is 11.5. The average Bonchev–Trinajstić information content (AvgIpc) is 2.91. The summed E-state index contributed by atoms with van der Waals surface area (Å²) in [5, 5.41) is 10.1. The zero-order valence-corrected chi connectivity index (χ0v) is 24.9. The summed E-state index contributed by atoms with van der Waals surface area (Å²) in [6.07, 6.45) is 8.09. The maximum Gasteiger partial charge on any atom is 0.318 e. The van der Waals surface area contributed by atoms with Crippen LogP contribution in [0.5, 0.6) is 6.01 Å². The van der Waals surface area contributed by atoms with E-state index in [1.165, 1.54) is 11.1 Å². The number of methoxy groups -OCH3 is 1. The predicted octanol–water partition coefficient (Wildman–Crippen LogP) is 7.47. The lowest BCUT2D eigenvalue weighted by Gasteiger charge is -2.29. The van der Waals surface area contributed by atoms with E-state index in [0.29, 0.717) is 25.0 Å². The fourth-order valence-electron chi connectivity index (χ4n) is 4.71. The second-order valence-corrected chi connectivity index (χ2v) is 10.6. The van der Waals surface area contributed by atoms with Crippen LogP contribution in [0, 0.1) is 23.2 Å². The molecule has 2 atom stereocenters. The summed E-state index contributed by atoms with van der Waals surface area (Å²) in [6, 6.07) is 10.8. The van der Waals surface area contributed by atoms with Crippen LogP contribution < -0.4 is 9.64 Å². The van der Waals surface area contributed by atoms with E-state index in [0.717, 1.165) is 87.6 Å². The van der Waals surface area contributed by atoms with Crippen molar-refractivity contribution in [3.63, 3.8) is 0 Å². The summed E-state index contributed by atoms with van der Waals surface area (Å²) >= 11 is 6.42. The molecule has 38 heavy (non-hydrogen) atoms. The van der Waals surface area contributed by atoms with Gasteiger partial charge in [0.2, 0.25) is 0 Å². The Kier molecular flexibility index (Phi) is 15.1. The normalized spacial score (nSPS) is 12.7. The van der Waals surface area contributed by atoms with Gasteiger partial charge in [0.15, 0.2) is 0 Å². The van der Waals surface area contributed by atoms with Crippen molar-refractivity contribution in [2.75, 3.05) is 38.3 Å². The fourth-order valence-corrected chi connectivity index (χ4v) is 4.94. The van der Waals surface area contributed by atoms with Crippen LogP contribution in [0.3, 0.4) is 0 Å². The second-order valence-electron chi connectivity index (χ2n) is 10.2. The number of anilines is 1. The average molecular weight is 543 g/mol. The smallest absolute Gasteiger partial charge is 0.318 e. The highest BCUT2D eigenvalue weighted by Crippen LogP contribution is 2.29. The van der Waals surface area contributed by atoms with Crippen LogP contribution in [0.25, 0.3) is 0 Å². The Morgan fingerprint density at radius 2 is 1.87 bits per heavy atom. The number of nitrogens with zero attached hydrogens (tertiary/aromatic N) is 4.